The number of nitrogens with two attached hydrogens (primary N) is 1. The molecule has 0 unspecified atom stereocenters. The van der Waals surface area contributed by atoms with Crippen LogP contribution in [0.15, 0.2) is 30.3 Å². The lowest BCUT2D eigenvalue weighted by atomic mass is 10.1. The molecule has 0 aromatic heterocycles. The molecule has 0 aliphatic heterocycles. The summed E-state index contributed by atoms with van der Waals surface area (Å²) in [6, 6.07) is 6.26. The van der Waals surface area contributed by atoms with Crippen molar-refractivity contribution in [2.24, 2.45) is 5.73 Å². The van der Waals surface area contributed by atoms with Gasteiger partial charge >= 0.3 is 0 Å². The van der Waals surface area contributed by atoms with Crippen LogP contribution in [0, 0.1) is 0 Å². The zero-order valence-corrected chi connectivity index (χ0v) is 8.00. The van der Waals surface area contributed by atoms with Crippen LogP contribution in [0.3, 0.4) is 0 Å². The van der Waals surface area contributed by atoms with Gasteiger partial charge in [0.15, 0.2) is 0 Å². The zero-order valence-electron chi connectivity index (χ0n) is 8.00. The first-order valence-electron chi connectivity index (χ1n) is 4.39. The molecule has 0 atom stereocenters. The van der Waals surface area contributed by atoms with Gasteiger partial charge in [-0.1, -0.05) is 30.4 Å². The highest BCUT2D eigenvalue weighted by Gasteiger charge is 2.23. The monoisotopic (exact) mass is 197 g/mol. The minimum atomic E-state index is -2.79. The minimum Gasteiger partial charge on any atom is -0.327 e. The first-order chi connectivity index (χ1) is 6.54. The molecular weight excluding hydrogens is 184 g/mol. The van der Waals surface area contributed by atoms with Crippen LogP contribution in [0.5, 0.6) is 0 Å². The third-order valence-electron chi connectivity index (χ3n) is 1.84. The molecule has 0 amide bonds. The van der Waals surface area contributed by atoms with E-state index in [0.717, 1.165) is 12.5 Å². The van der Waals surface area contributed by atoms with Gasteiger partial charge in [0.1, 0.15) is 0 Å². The van der Waals surface area contributed by atoms with Crippen LogP contribution in [-0.4, -0.2) is 6.54 Å². The van der Waals surface area contributed by atoms with Gasteiger partial charge in [0.05, 0.1) is 0 Å². The molecule has 0 fully saturated rings. The predicted molar refractivity (Wildman–Crippen MR) is 54.1 cm³/mol. The molecule has 0 bridgehead atoms. The first-order valence-corrected chi connectivity index (χ1v) is 4.39. The molecule has 1 nitrogen and oxygen atoms in total. The summed E-state index contributed by atoms with van der Waals surface area (Å²) in [4.78, 5) is 0. The van der Waals surface area contributed by atoms with Crippen LogP contribution in [-0.2, 0) is 5.92 Å². The Balaban J connectivity index is 2.96. The number of hydrogen-bond acceptors (Lipinski definition) is 1. The van der Waals surface area contributed by atoms with Gasteiger partial charge in [-0.3, -0.25) is 0 Å². The second-order valence-electron chi connectivity index (χ2n) is 3.15. The summed E-state index contributed by atoms with van der Waals surface area (Å²) in [6.45, 7) is 1.30. The second-order valence-corrected chi connectivity index (χ2v) is 3.15. The smallest absolute Gasteiger partial charge is 0.270 e. The lowest BCUT2D eigenvalue weighted by molar-refractivity contribution is 0.0174. The van der Waals surface area contributed by atoms with Gasteiger partial charge in [-0.25, -0.2) is 8.78 Å². The van der Waals surface area contributed by atoms with E-state index in [0.29, 0.717) is 6.54 Å². The number of halogens is 2. The maximum atomic E-state index is 12.9. The fourth-order valence-corrected chi connectivity index (χ4v) is 1.12. The molecule has 0 heterocycles. The molecule has 1 aromatic rings. The Morgan fingerprint density at radius 2 is 2.14 bits per heavy atom. The topological polar surface area (TPSA) is 26.0 Å². The highest BCUT2D eigenvalue weighted by Crippen LogP contribution is 2.27. The van der Waals surface area contributed by atoms with E-state index in [1.165, 1.54) is 12.1 Å². The Labute approximate surface area is 82.2 Å². The third-order valence-corrected chi connectivity index (χ3v) is 1.84. The Kier molecular flexibility index (Phi) is 3.36. The maximum Gasteiger partial charge on any atom is 0.270 e. The summed E-state index contributed by atoms with van der Waals surface area (Å²) >= 11 is 0. The Bertz CT molecular complexity index is 326. The maximum absolute atomic E-state index is 12.9. The summed E-state index contributed by atoms with van der Waals surface area (Å²) in [5, 5.41) is 0. The van der Waals surface area contributed by atoms with Crippen molar-refractivity contribution in [1.29, 1.82) is 0 Å². The van der Waals surface area contributed by atoms with E-state index in [2.05, 4.69) is 0 Å². The van der Waals surface area contributed by atoms with Crippen molar-refractivity contribution >= 4 is 6.08 Å². The van der Waals surface area contributed by atoms with E-state index in [1.54, 1.807) is 24.3 Å². The minimum absolute atomic E-state index is 0.0247. The summed E-state index contributed by atoms with van der Waals surface area (Å²) in [7, 11) is 0. The van der Waals surface area contributed by atoms with Crippen LogP contribution < -0.4 is 5.73 Å². The fraction of sp³-hybridized carbons (Fsp3) is 0.273. The van der Waals surface area contributed by atoms with E-state index >= 15 is 0 Å². The molecule has 76 valence electrons. The summed E-state index contributed by atoms with van der Waals surface area (Å²) < 4.78 is 25.8. The van der Waals surface area contributed by atoms with Gasteiger partial charge in [-0.05, 0) is 11.6 Å². The lowest BCUT2D eigenvalue weighted by Crippen LogP contribution is -2.06. The predicted octanol–water partition coefficient (Wildman–Crippen LogP) is 2.77. The molecule has 0 spiro atoms. The number of benzene rings is 1. The lowest BCUT2D eigenvalue weighted by Gasteiger charge is -2.10. The van der Waals surface area contributed by atoms with E-state index in [9.17, 15) is 8.78 Å². The molecule has 14 heavy (non-hydrogen) atoms. The standard InChI is InChI=1S/C11H13F2N/c1-11(12,13)10-6-2-4-9(8-10)5-3-7-14/h2-6,8H,7,14H2,1H3/b5-3+. The normalized spacial score (nSPS) is 12.3. The average Bonchev–Trinajstić information content (AvgIpc) is 2.14. The number of hydrogen-bond donors (Lipinski definition) is 1. The Morgan fingerprint density at radius 3 is 2.71 bits per heavy atom. The van der Waals surface area contributed by atoms with E-state index < -0.39 is 5.92 Å². The van der Waals surface area contributed by atoms with Crippen molar-refractivity contribution in [3.8, 4) is 0 Å². The molecule has 0 saturated heterocycles. The molecular formula is C11H13F2N. The van der Waals surface area contributed by atoms with Gasteiger partial charge < -0.3 is 5.73 Å². The van der Waals surface area contributed by atoms with Crippen LogP contribution in [0.4, 0.5) is 8.78 Å². The van der Waals surface area contributed by atoms with Crippen molar-refractivity contribution in [3.05, 3.63) is 41.5 Å². The summed E-state index contributed by atoms with van der Waals surface area (Å²) in [6.07, 6.45) is 3.46. The molecule has 0 saturated carbocycles. The molecule has 3 heteroatoms. The SMILES string of the molecule is CC(F)(F)c1cccc(/C=C/CN)c1. The summed E-state index contributed by atoms with van der Waals surface area (Å²) in [5.74, 6) is -2.79. The van der Waals surface area contributed by atoms with E-state index in [4.69, 9.17) is 5.73 Å². The zero-order chi connectivity index (χ0) is 10.6. The molecule has 1 aromatic carbocycles. The molecule has 0 aliphatic rings. The molecule has 0 radical (unpaired) electrons. The van der Waals surface area contributed by atoms with Crippen molar-refractivity contribution < 1.29 is 8.78 Å². The van der Waals surface area contributed by atoms with Gasteiger partial charge in [0.25, 0.3) is 5.92 Å². The number of alkyl halides is 2. The second kappa shape index (κ2) is 4.33. The van der Waals surface area contributed by atoms with Gasteiger partial charge in [0.2, 0.25) is 0 Å². The highest BCUT2D eigenvalue weighted by molar-refractivity contribution is 5.50. The van der Waals surface area contributed by atoms with Gasteiger partial charge in [0, 0.05) is 19.0 Å². The van der Waals surface area contributed by atoms with Crippen molar-refractivity contribution in [2.75, 3.05) is 6.54 Å². The summed E-state index contributed by atoms with van der Waals surface area (Å²) in [5.41, 5.74) is 6.03. The Hall–Kier alpha value is -1.22. The number of rotatable bonds is 3. The van der Waals surface area contributed by atoms with Crippen molar-refractivity contribution in [2.45, 2.75) is 12.8 Å². The van der Waals surface area contributed by atoms with Crippen LogP contribution in [0.1, 0.15) is 18.1 Å². The highest BCUT2D eigenvalue weighted by atomic mass is 19.3. The molecule has 1 rings (SSSR count). The van der Waals surface area contributed by atoms with E-state index in [-0.39, 0.29) is 5.56 Å². The molecule has 0 aliphatic carbocycles. The fourth-order valence-electron chi connectivity index (χ4n) is 1.12. The van der Waals surface area contributed by atoms with Gasteiger partial charge in [-0.15, -0.1) is 0 Å². The van der Waals surface area contributed by atoms with Crippen molar-refractivity contribution in [3.63, 3.8) is 0 Å². The van der Waals surface area contributed by atoms with E-state index in [1.807, 2.05) is 0 Å². The first kappa shape index (κ1) is 10.9. The van der Waals surface area contributed by atoms with Crippen LogP contribution >= 0.6 is 0 Å². The van der Waals surface area contributed by atoms with Crippen LogP contribution in [0.2, 0.25) is 0 Å². The third kappa shape index (κ3) is 2.92. The van der Waals surface area contributed by atoms with Crippen LogP contribution in [0.25, 0.3) is 6.08 Å². The largest absolute Gasteiger partial charge is 0.327 e. The van der Waals surface area contributed by atoms with Crippen molar-refractivity contribution in [1.82, 2.24) is 0 Å². The quantitative estimate of drug-likeness (QED) is 0.792. The molecule has 2 N–H and O–H groups in total. The Morgan fingerprint density at radius 1 is 1.43 bits per heavy atom. The average molecular weight is 197 g/mol. The van der Waals surface area contributed by atoms with Gasteiger partial charge in [-0.2, -0.15) is 0 Å².